The molecule has 4 rings (SSSR count). The minimum absolute atomic E-state index is 0.0460. The molecule has 0 aliphatic carbocycles. The van der Waals surface area contributed by atoms with E-state index in [1.165, 1.54) is 24.3 Å². The van der Waals surface area contributed by atoms with Gasteiger partial charge in [-0.3, -0.25) is 0 Å². The minimum atomic E-state index is -5.00. The van der Waals surface area contributed by atoms with E-state index in [0.29, 0.717) is 15.9 Å². The molecule has 4 nitrogen and oxygen atoms in total. The minimum Gasteiger partial charge on any atom is -0.465 e. The van der Waals surface area contributed by atoms with Crippen LogP contribution in [0, 0.1) is 0 Å². The van der Waals surface area contributed by atoms with E-state index in [1.54, 1.807) is 91.0 Å². The van der Waals surface area contributed by atoms with Gasteiger partial charge in [-0.25, -0.2) is 9.59 Å². The highest BCUT2D eigenvalue weighted by Crippen LogP contribution is 2.50. The van der Waals surface area contributed by atoms with E-state index in [4.69, 9.17) is 9.47 Å². The van der Waals surface area contributed by atoms with Crippen molar-refractivity contribution >= 4 is 46.1 Å². The fraction of sp³-hybridized carbons (Fsp3) is 0.0938. The van der Waals surface area contributed by atoms with E-state index in [2.05, 4.69) is 0 Å². The molecule has 0 aliphatic heterocycles. The first-order valence-electron chi connectivity index (χ1n) is 12.2. The summed E-state index contributed by atoms with van der Waals surface area (Å²) in [7, 11) is 2.21. The van der Waals surface area contributed by atoms with Crippen LogP contribution in [0.4, 0.5) is 13.2 Å². The smallest absolute Gasteiger partial charge is 0.417 e. The molecule has 4 aromatic carbocycles. The number of carbonyl (C=O) groups is 2. The van der Waals surface area contributed by atoms with E-state index in [0.717, 1.165) is 20.3 Å². The first-order valence-corrected chi connectivity index (χ1v) is 14.0. The van der Waals surface area contributed by atoms with Crippen LogP contribution in [0.25, 0.3) is 6.08 Å². The maximum Gasteiger partial charge on any atom is 0.417 e. The number of hydrogen-bond acceptors (Lipinski definition) is 4. The molecule has 0 spiro atoms. The molecule has 0 saturated carbocycles. The van der Waals surface area contributed by atoms with Crippen molar-refractivity contribution in [2.45, 2.75) is 6.18 Å². The Morgan fingerprint density at radius 3 is 1.48 bits per heavy atom. The van der Waals surface area contributed by atoms with Gasteiger partial charge in [0.15, 0.2) is 0 Å². The summed E-state index contributed by atoms with van der Waals surface area (Å²) in [6.45, 7) is -3.53. The lowest BCUT2D eigenvalue weighted by Gasteiger charge is -2.33. The van der Waals surface area contributed by atoms with Gasteiger partial charge in [0, 0.05) is 0 Å². The van der Waals surface area contributed by atoms with Gasteiger partial charge in [-0.1, -0.05) is 109 Å². The summed E-state index contributed by atoms with van der Waals surface area (Å²) in [6, 6.07) is 31.8. The molecule has 4 aromatic rings. The van der Waals surface area contributed by atoms with Crippen molar-refractivity contribution in [3.8, 4) is 0 Å². The van der Waals surface area contributed by atoms with Gasteiger partial charge < -0.3 is 9.47 Å². The molecule has 0 radical (unpaired) electrons. The summed E-state index contributed by atoms with van der Waals surface area (Å²) in [5.74, 6) is -1.92. The third kappa shape index (κ3) is 5.51. The second-order valence-electron chi connectivity index (χ2n) is 8.65. The zero-order valence-electron chi connectivity index (χ0n) is 21.8. The van der Waals surface area contributed by atoms with Crippen molar-refractivity contribution in [3.05, 3.63) is 132 Å². The van der Waals surface area contributed by atoms with Crippen molar-refractivity contribution in [1.82, 2.24) is 0 Å². The standard InChI is InChI=1S/C32H26F3O4P/c1-38-30(36)27-21-13-12-14-23(27)22-28(32(33,34)35)29(31(37)39-2)40(24-15-6-3-7-16-24,25-17-8-4-9-18-25)26-19-10-5-11-20-26/h3-22H,1-2H3/b28-22-. The Bertz CT molecular complexity index is 1480. The Hall–Kier alpha value is -4.35. The number of halogens is 3. The van der Waals surface area contributed by atoms with E-state index >= 15 is 13.2 Å². The fourth-order valence-corrected chi connectivity index (χ4v) is 9.12. The van der Waals surface area contributed by atoms with Gasteiger partial charge in [0.05, 0.1) is 30.6 Å². The lowest BCUT2D eigenvalue weighted by atomic mass is 10.0. The SMILES string of the molecule is COC(=O)C(/C(=C/c1ccccc1C(=O)OC)C(F)(F)F)=P(c1ccccc1)(c1ccccc1)c1ccccc1. The van der Waals surface area contributed by atoms with Gasteiger partial charge in [-0.05, 0) is 40.5 Å². The molecule has 0 aliphatic rings. The van der Waals surface area contributed by atoms with Crippen LogP contribution in [-0.2, 0) is 14.3 Å². The summed E-state index contributed by atoms with van der Waals surface area (Å²) in [6.07, 6.45) is -4.17. The van der Waals surface area contributed by atoms with Crippen LogP contribution in [0.5, 0.6) is 0 Å². The summed E-state index contributed by atoms with van der Waals surface area (Å²) < 4.78 is 55.7. The van der Waals surface area contributed by atoms with Gasteiger partial charge in [0.25, 0.3) is 0 Å². The molecule has 8 heteroatoms. The molecule has 0 N–H and O–H groups in total. The average Bonchev–Trinajstić information content (AvgIpc) is 2.99. The Balaban J connectivity index is 2.34. The monoisotopic (exact) mass is 562 g/mol. The second kappa shape index (κ2) is 12.2. The average molecular weight is 563 g/mol. The highest BCUT2D eigenvalue weighted by Gasteiger charge is 2.45. The molecule has 0 amide bonds. The van der Waals surface area contributed by atoms with Crippen molar-refractivity contribution in [2.24, 2.45) is 0 Å². The van der Waals surface area contributed by atoms with Crippen LogP contribution < -0.4 is 15.9 Å². The van der Waals surface area contributed by atoms with Gasteiger partial charge >= 0.3 is 18.1 Å². The number of carbonyl (C=O) groups excluding carboxylic acids is 2. The summed E-state index contributed by atoms with van der Waals surface area (Å²) in [5, 5.41) is 1.06. The van der Waals surface area contributed by atoms with E-state index in [1.807, 2.05) is 0 Å². The molecule has 0 saturated heterocycles. The molecule has 0 fully saturated rings. The summed E-state index contributed by atoms with van der Waals surface area (Å²) >= 11 is 0. The van der Waals surface area contributed by atoms with E-state index in [9.17, 15) is 9.59 Å². The van der Waals surface area contributed by atoms with Gasteiger partial charge in [0.1, 0.15) is 0 Å². The Kier molecular flexibility index (Phi) is 8.76. The van der Waals surface area contributed by atoms with Gasteiger partial charge in [-0.15, -0.1) is 0 Å². The number of rotatable bonds is 7. The highest BCUT2D eigenvalue weighted by atomic mass is 31.2. The van der Waals surface area contributed by atoms with Crippen LogP contribution in [0.1, 0.15) is 15.9 Å². The number of methoxy groups -OCH3 is 2. The number of hydrogen-bond donors (Lipinski definition) is 0. The van der Waals surface area contributed by atoms with E-state index < -0.39 is 35.9 Å². The zero-order valence-corrected chi connectivity index (χ0v) is 22.7. The van der Waals surface area contributed by atoms with Crippen LogP contribution in [0.15, 0.2) is 121 Å². The first kappa shape index (κ1) is 28.7. The zero-order chi connectivity index (χ0) is 28.8. The van der Waals surface area contributed by atoms with Crippen molar-refractivity contribution < 1.29 is 32.2 Å². The number of ether oxygens (including phenoxy) is 2. The van der Waals surface area contributed by atoms with Crippen molar-refractivity contribution in [2.75, 3.05) is 14.2 Å². The molecule has 40 heavy (non-hydrogen) atoms. The van der Waals surface area contributed by atoms with Crippen molar-refractivity contribution in [1.29, 1.82) is 0 Å². The van der Waals surface area contributed by atoms with Gasteiger partial charge in [-0.2, -0.15) is 13.2 Å². The molecular weight excluding hydrogens is 536 g/mol. The third-order valence-corrected chi connectivity index (χ3v) is 10.7. The molecule has 0 bridgehead atoms. The maximum atomic E-state index is 15.2. The summed E-state index contributed by atoms with van der Waals surface area (Å²) in [5.41, 5.74) is -1.32. The largest absolute Gasteiger partial charge is 0.465 e. The first-order chi connectivity index (χ1) is 19.2. The number of alkyl halides is 3. The topological polar surface area (TPSA) is 52.6 Å². The Morgan fingerprint density at radius 2 is 1.07 bits per heavy atom. The van der Waals surface area contributed by atoms with Crippen LogP contribution in [0.3, 0.4) is 0 Å². The maximum absolute atomic E-state index is 15.2. The fourth-order valence-electron chi connectivity index (χ4n) is 4.67. The third-order valence-electron chi connectivity index (χ3n) is 6.37. The Morgan fingerprint density at radius 1 is 0.650 bits per heavy atom. The molecule has 0 aromatic heterocycles. The lowest BCUT2D eigenvalue weighted by molar-refractivity contribution is -0.133. The quantitative estimate of drug-likeness (QED) is 0.212. The molecule has 0 atom stereocenters. The molecule has 204 valence electrons. The highest BCUT2D eigenvalue weighted by molar-refractivity contribution is 7.96. The lowest BCUT2D eigenvalue weighted by Crippen LogP contribution is -2.38. The second-order valence-corrected chi connectivity index (χ2v) is 12.0. The van der Waals surface area contributed by atoms with Crippen LogP contribution in [0.2, 0.25) is 0 Å². The molecule has 0 unspecified atom stereocenters. The van der Waals surface area contributed by atoms with Crippen molar-refractivity contribution in [3.63, 3.8) is 0 Å². The summed E-state index contributed by atoms with van der Waals surface area (Å²) in [4.78, 5) is 26.2. The van der Waals surface area contributed by atoms with Gasteiger partial charge in [0.2, 0.25) is 0 Å². The molecule has 0 heterocycles. The van der Waals surface area contributed by atoms with E-state index in [-0.39, 0.29) is 11.1 Å². The predicted molar refractivity (Wildman–Crippen MR) is 154 cm³/mol. The molecular formula is C32H26F3O4P. The number of benzene rings is 4. The van der Waals surface area contributed by atoms with Crippen LogP contribution in [-0.4, -0.2) is 37.6 Å². The normalized spacial score (nSPS) is 12.0. The Labute approximate surface area is 230 Å². The number of esters is 2. The van der Waals surface area contributed by atoms with Crippen LogP contribution >= 0.6 is 6.89 Å². The predicted octanol–water partition coefficient (Wildman–Crippen LogP) is 5.76.